The third kappa shape index (κ3) is 4.17. The Morgan fingerprint density at radius 2 is 2.08 bits per heavy atom. The van der Waals surface area contributed by atoms with Crippen molar-refractivity contribution >= 4 is 35.2 Å². The molecule has 1 N–H and O–H groups in total. The van der Waals surface area contributed by atoms with E-state index in [4.69, 9.17) is 32.0 Å². The predicted molar refractivity (Wildman–Crippen MR) is 98.3 cm³/mol. The lowest BCUT2D eigenvalue weighted by Gasteiger charge is -2.02. The number of carbonyl (C=O) groups is 1. The van der Waals surface area contributed by atoms with Crippen LogP contribution in [0.1, 0.15) is 11.5 Å². The minimum Gasteiger partial charge on any atom is -0.467 e. The molecule has 0 saturated carbocycles. The quantitative estimate of drug-likeness (QED) is 0.490. The Labute approximate surface area is 159 Å². The summed E-state index contributed by atoms with van der Waals surface area (Å²) < 4.78 is 10.8. The predicted octanol–water partition coefficient (Wildman–Crippen LogP) is 5.07. The lowest BCUT2D eigenvalue weighted by molar-refractivity contribution is -0.117. The van der Waals surface area contributed by atoms with Crippen LogP contribution in [-0.4, -0.2) is 5.91 Å². The topological polar surface area (TPSA) is 79.2 Å². The third-order valence-electron chi connectivity index (χ3n) is 3.48. The van der Waals surface area contributed by atoms with Gasteiger partial charge in [-0.05, 0) is 42.5 Å². The molecule has 2 heterocycles. The summed E-state index contributed by atoms with van der Waals surface area (Å²) in [7, 11) is 0. The highest BCUT2D eigenvalue weighted by molar-refractivity contribution is 6.36. The Morgan fingerprint density at radius 3 is 2.77 bits per heavy atom. The fraction of sp³-hybridized carbons (Fsp3) is 0.0526. The average molecular weight is 387 g/mol. The summed E-state index contributed by atoms with van der Waals surface area (Å²) in [6.07, 6.45) is 2.87. The highest BCUT2D eigenvalue weighted by Gasteiger charge is 2.12. The van der Waals surface area contributed by atoms with Crippen molar-refractivity contribution in [3.63, 3.8) is 0 Å². The molecule has 5 nitrogen and oxygen atoms in total. The van der Waals surface area contributed by atoms with Gasteiger partial charge in [0.05, 0.1) is 17.8 Å². The van der Waals surface area contributed by atoms with Crippen LogP contribution in [0, 0.1) is 11.3 Å². The van der Waals surface area contributed by atoms with Crippen LogP contribution in [0.5, 0.6) is 0 Å². The maximum absolute atomic E-state index is 12.1. The molecule has 0 atom stereocenters. The average Bonchev–Trinajstić information content (AvgIpc) is 3.29. The number of hydrogen-bond donors (Lipinski definition) is 1. The van der Waals surface area contributed by atoms with Crippen LogP contribution in [0.25, 0.3) is 17.4 Å². The third-order valence-corrected chi connectivity index (χ3v) is 4.03. The Bertz CT molecular complexity index is 998. The Balaban J connectivity index is 1.76. The Hall–Kier alpha value is -2.94. The number of hydrogen-bond acceptors (Lipinski definition) is 4. The van der Waals surface area contributed by atoms with E-state index in [0.29, 0.717) is 32.9 Å². The summed E-state index contributed by atoms with van der Waals surface area (Å²) in [5, 5.41) is 12.8. The Kier molecular flexibility index (Phi) is 5.47. The van der Waals surface area contributed by atoms with Gasteiger partial charge in [0, 0.05) is 16.7 Å². The van der Waals surface area contributed by atoms with Gasteiger partial charge in [-0.25, -0.2) is 0 Å². The monoisotopic (exact) mass is 386 g/mol. The summed E-state index contributed by atoms with van der Waals surface area (Å²) in [5.41, 5.74) is 0.580. The van der Waals surface area contributed by atoms with Gasteiger partial charge in [-0.2, -0.15) is 5.26 Å². The fourth-order valence-electron chi connectivity index (χ4n) is 2.23. The first-order chi connectivity index (χ1) is 12.6. The van der Waals surface area contributed by atoms with Crippen molar-refractivity contribution in [2.24, 2.45) is 0 Å². The fourth-order valence-corrected chi connectivity index (χ4v) is 2.73. The van der Waals surface area contributed by atoms with Crippen LogP contribution in [0.4, 0.5) is 0 Å². The maximum Gasteiger partial charge on any atom is 0.262 e. The van der Waals surface area contributed by atoms with Crippen LogP contribution < -0.4 is 5.32 Å². The van der Waals surface area contributed by atoms with Gasteiger partial charge in [-0.3, -0.25) is 4.79 Å². The van der Waals surface area contributed by atoms with Crippen molar-refractivity contribution in [1.82, 2.24) is 5.32 Å². The van der Waals surface area contributed by atoms with Gasteiger partial charge in [0.25, 0.3) is 5.91 Å². The van der Waals surface area contributed by atoms with E-state index in [1.807, 2.05) is 6.07 Å². The number of nitrogens with one attached hydrogen (secondary N) is 1. The van der Waals surface area contributed by atoms with Gasteiger partial charge in [0.1, 0.15) is 28.9 Å². The molecule has 0 radical (unpaired) electrons. The largest absolute Gasteiger partial charge is 0.467 e. The first kappa shape index (κ1) is 17.9. The summed E-state index contributed by atoms with van der Waals surface area (Å²) in [6.45, 7) is 0.189. The second-order valence-corrected chi connectivity index (χ2v) is 6.10. The van der Waals surface area contributed by atoms with E-state index in [1.165, 1.54) is 12.3 Å². The van der Waals surface area contributed by atoms with Gasteiger partial charge in [0.15, 0.2) is 0 Å². The lowest BCUT2D eigenvalue weighted by Crippen LogP contribution is -2.23. The smallest absolute Gasteiger partial charge is 0.262 e. The van der Waals surface area contributed by atoms with Crippen LogP contribution in [-0.2, 0) is 11.3 Å². The molecule has 0 aliphatic carbocycles. The van der Waals surface area contributed by atoms with Crippen molar-refractivity contribution < 1.29 is 13.6 Å². The van der Waals surface area contributed by atoms with Gasteiger partial charge in [-0.15, -0.1) is 0 Å². The molecular formula is C19H12Cl2N2O3. The zero-order chi connectivity index (χ0) is 18.5. The van der Waals surface area contributed by atoms with Crippen molar-refractivity contribution in [2.75, 3.05) is 0 Å². The number of amides is 1. The van der Waals surface area contributed by atoms with Crippen LogP contribution >= 0.6 is 23.2 Å². The number of halogens is 2. The van der Waals surface area contributed by atoms with Gasteiger partial charge >= 0.3 is 0 Å². The minimum atomic E-state index is -0.522. The van der Waals surface area contributed by atoms with Gasteiger partial charge in [-0.1, -0.05) is 23.2 Å². The maximum atomic E-state index is 12.1. The molecule has 0 aliphatic rings. The van der Waals surface area contributed by atoms with Crippen LogP contribution in [0.3, 0.4) is 0 Å². The first-order valence-corrected chi connectivity index (χ1v) is 8.30. The number of rotatable bonds is 5. The molecule has 26 heavy (non-hydrogen) atoms. The second kappa shape index (κ2) is 7.96. The number of benzene rings is 1. The highest BCUT2D eigenvalue weighted by atomic mass is 35.5. The van der Waals surface area contributed by atoms with Crippen molar-refractivity contribution in [3.8, 4) is 17.4 Å². The van der Waals surface area contributed by atoms with E-state index in [9.17, 15) is 10.1 Å². The molecule has 0 aliphatic heterocycles. The molecule has 0 bridgehead atoms. The van der Waals surface area contributed by atoms with Gasteiger partial charge in [0.2, 0.25) is 0 Å². The van der Waals surface area contributed by atoms with Gasteiger partial charge < -0.3 is 14.2 Å². The first-order valence-electron chi connectivity index (χ1n) is 7.54. The number of furan rings is 2. The molecule has 7 heteroatoms. The molecule has 1 amide bonds. The zero-order valence-electron chi connectivity index (χ0n) is 13.3. The second-order valence-electron chi connectivity index (χ2n) is 5.26. The molecule has 2 aromatic heterocycles. The number of carbonyl (C=O) groups excluding carboxylic acids is 1. The summed E-state index contributed by atoms with van der Waals surface area (Å²) >= 11 is 12.0. The molecule has 130 valence electrons. The SMILES string of the molecule is N#C/C(=C/c1ccc(-c2ccc(Cl)cc2Cl)o1)C(=O)NCc1ccco1. The molecule has 0 unspecified atom stereocenters. The standard InChI is InChI=1S/C19H12Cl2N2O3/c20-13-3-5-16(17(21)9-13)18-6-4-14(26-18)8-12(10-22)19(24)23-11-15-2-1-7-25-15/h1-9H,11H2,(H,23,24)/b12-8-. The normalized spacial score (nSPS) is 11.2. The van der Waals surface area contributed by atoms with Crippen LogP contribution in [0.2, 0.25) is 10.0 Å². The number of nitriles is 1. The molecule has 0 spiro atoms. The zero-order valence-corrected chi connectivity index (χ0v) is 14.8. The van der Waals surface area contributed by atoms with E-state index < -0.39 is 5.91 Å². The molecular weight excluding hydrogens is 375 g/mol. The van der Waals surface area contributed by atoms with E-state index >= 15 is 0 Å². The molecule has 3 aromatic rings. The van der Waals surface area contributed by atoms with E-state index in [1.54, 1.807) is 42.5 Å². The molecule has 0 fully saturated rings. The minimum absolute atomic E-state index is 0.0836. The highest BCUT2D eigenvalue weighted by Crippen LogP contribution is 2.31. The van der Waals surface area contributed by atoms with Crippen LogP contribution in [0.15, 0.2) is 63.1 Å². The summed E-state index contributed by atoms with van der Waals surface area (Å²) in [6, 6.07) is 13.7. The molecule has 3 rings (SSSR count). The van der Waals surface area contributed by atoms with Crippen molar-refractivity contribution in [1.29, 1.82) is 5.26 Å². The summed E-state index contributed by atoms with van der Waals surface area (Å²) in [5.74, 6) is 0.932. The van der Waals surface area contributed by atoms with Crippen molar-refractivity contribution in [2.45, 2.75) is 6.54 Å². The molecule has 1 aromatic carbocycles. The lowest BCUT2D eigenvalue weighted by atomic mass is 10.2. The molecule has 0 saturated heterocycles. The van der Waals surface area contributed by atoms with Crippen molar-refractivity contribution in [3.05, 3.63) is 75.9 Å². The Morgan fingerprint density at radius 1 is 1.23 bits per heavy atom. The summed E-state index contributed by atoms with van der Waals surface area (Å²) in [4.78, 5) is 12.1. The van der Waals surface area contributed by atoms with E-state index in [-0.39, 0.29) is 12.1 Å². The van der Waals surface area contributed by atoms with E-state index in [2.05, 4.69) is 5.32 Å². The van der Waals surface area contributed by atoms with E-state index in [0.717, 1.165) is 0 Å². The number of nitrogens with zero attached hydrogens (tertiary/aromatic N) is 1.